The van der Waals surface area contributed by atoms with Crippen LogP contribution in [0.5, 0.6) is 0 Å². The van der Waals surface area contributed by atoms with E-state index in [0.29, 0.717) is 27.9 Å². The van der Waals surface area contributed by atoms with Crippen molar-refractivity contribution >= 4 is 34.9 Å². The summed E-state index contributed by atoms with van der Waals surface area (Å²) in [5, 5.41) is 0. The van der Waals surface area contributed by atoms with E-state index in [0.717, 1.165) is 11.4 Å². The minimum absolute atomic E-state index is 0.270. The zero-order valence-electron chi connectivity index (χ0n) is 18.9. The lowest BCUT2D eigenvalue weighted by molar-refractivity contribution is -0.136. The highest BCUT2D eigenvalue weighted by molar-refractivity contribution is 6.00. The normalized spacial score (nSPS) is 11.1. The van der Waals surface area contributed by atoms with Gasteiger partial charge in [-0.05, 0) is 56.3 Å². The molecule has 172 valence electrons. The number of ketones is 1. The van der Waals surface area contributed by atoms with Gasteiger partial charge in [-0.25, -0.2) is 14.6 Å². The van der Waals surface area contributed by atoms with Crippen LogP contribution in [0.1, 0.15) is 38.0 Å². The third kappa shape index (κ3) is 4.66. The number of carbonyl (C=O) groups is 3. The molecular formula is C26H22N2O6. The van der Waals surface area contributed by atoms with E-state index in [1.54, 1.807) is 42.5 Å². The first-order valence-corrected chi connectivity index (χ1v) is 10.5. The van der Waals surface area contributed by atoms with Crippen LogP contribution in [0.3, 0.4) is 0 Å². The quantitative estimate of drug-likeness (QED) is 0.229. The maximum Gasteiger partial charge on any atom is 0.337 e. The number of para-hydroxylation sites is 2. The fraction of sp³-hybridized carbons (Fsp3) is 0.154. The van der Waals surface area contributed by atoms with Crippen molar-refractivity contribution in [1.29, 1.82) is 0 Å². The molecule has 0 saturated heterocycles. The molecular weight excluding hydrogens is 436 g/mol. The Morgan fingerprint density at radius 3 is 2.50 bits per heavy atom. The smallest absolute Gasteiger partial charge is 0.337 e. The molecule has 0 N–H and O–H groups in total. The molecule has 0 aliphatic heterocycles. The van der Waals surface area contributed by atoms with Gasteiger partial charge in [-0.3, -0.25) is 4.79 Å². The van der Waals surface area contributed by atoms with Gasteiger partial charge in [-0.2, -0.15) is 0 Å². The summed E-state index contributed by atoms with van der Waals surface area (Å²) in [5.74, 6) is -1.15. The number of carbonyl (C=O) groups excluding carboxylic acids is 3. The number of fused-ring (bicyclic) bond motifs is 1. The Morgan fingerprint density at radius 2 is 1.79 bits per heavy atom. The highest BCUT2D eigenvalue weighted by atomic mass is 16.5. The van der Waals surface area contributed by atoms with E-state index in [-0.39, 0.29) is 11.7 Å². The van der Waals surface area contributed by atoms with Crippen molar-refractivity contribution < 1.29 is 28.3 Å². The largest absolute Gasteiger partial charge is 0.465 e. The third-order valence-electron chi connectivity index (χ3n) is 5.30. The summed E-state index contributed by atoms with van der Waals surface area (Å²) in [7, 11) is 1.33. The van der Waals surface area contributed by atoms with Crippen molar-refractivity contribution in [3.05, 3.63) is 89.1 Å². The number of ether oxygens (including phenoxy) is 2. The Morgan fingerprint density at radius 1 is 1.06 bits per heavy atom. The van der Waals surface area contributed by atoms with Gasteiger partial charge in [0.25, 0.3) is 0 Å². The molecule has 4 aromatic rings. The van der Waals surface area contributed by atoms with Crippen LogP contribution in [-0.4, -0.2) is 41.0 Å². The molecule has 0 atom stereocenters. The number of benzene rings is 2. The number of rotatable bonds is 7. The molecule has 0 spiro atoms. The zero-order chi connectivity index (χ0) is 24.2. The summed E-state index contributed by atoms with van der Waals surface area (Å²) in [6.45, 7) is 3.28. The van der Waals surface area contributed by atoms with E-state index in [2.05, 4.69) is 4.98 Å². The highest BCUT2D eigenvalue weighted by Crippen LogP contribution is 2.22. The summed E-state index contributed by atoms with van der Waals surface area (Å²) in [6, 6.07) is 15.9. The van der Waals surface area contributed by atoms with Crippen molar-refractivity contribution in [1.82, 2.24) is 9.55 Å². The van der Waals surface area contributed by atoms with Gasteiger partial charge in [-0.15, -0.1) is 0 Å². The Hall–Kier alpha value is -4.46. The second-order valence-electron chi connectivity index (χ2n) is 7.54. The lowest BCUT2D eigenvalue weighted by Gasteiger charge is -2.10. The molecule has 0 amide bonds. The van der Waals surface area contributed by atoms with Gasteiger partial charge in [0.2, 0.25) is 11.7 Å². The number of hydrogen-bond acceptors (Lipinski definition) is 7. The lowest BCUT2D eigenvalue weighted by atomic mass is 10.1. The summed E-state index contributed by atoms with van der Waals surface area (Å²) >= 11 is 0. The third-order valence-corrected chi connectivity index (χ3v) is 5.30. The fourth-order valence-corrected chi connectivity index (χ4v) is 3.67. The van der Waals surface area contributed by atoms with Crippen LogP contribution in [0.4, 0.5) is 0 Å². The first-order chi connectivity index (χ1) is 16.4. The SMILES string of the molecule is COC(=O)c1ccc(-n2c(C)cc(C(=O)COC(=O)/C=C/c3nc4ccccc4o3)c2C)cc1. The number of nitrogens with zero attached hydrogens (tertiary/aromatic N) is 2. The van der Waals surface area contributed by atoms with E-state index >= 15 is 0 Å². The average Bonchev–Trinajstić information content (AvgIpc) is 3.40. The van der Waals surface area contributed by atoms with Crippen LogP contribution in [-0.2, 0) is 14.3 Å². The minimum Gasteiger partial charge on any atom is -0.465 e. The summed E-state index contributed by atoms with van der Waals surface area (Å²) in [4.78, 5) is 40.7. The highest BCUT2D eigenvalue weighted by Gasteiger charge is 2.18. The van der Waals surface area contributed by atoms with Crippen LogP contribution < -0.4 is 0 Å². The van der Waals surface area contributed by atoms with Gasteiger partial charge in [0.05, 0.1) is 12.7 Å². The number of aromatic nitrogens is 2. The molecule has 2 aromatic carbocycles. The van der Waals surface area contributed by atoms with Crippen molar-refractivity contribution in [2.45, 2.75) is 13.8 Å². The monoisotopic (exact) mass is 458 g/mol. The topological polar surface area (TPSA) is 101 Å². The zero-order valence-corrected chi connectivity index (χ0v) is 18.9. The van der Waals surface area contributed by atoms with E-state index in [4.69, 9.17) is 13.9 Å². The van der Waals surface area contributed by atoms with E-state index in [1.165, 1.54) is 19.3 Å². The van der Waals surface area contributed by atoms with E-state index in [9.17, 15) is 14.4 Å². The average molecular weight is 458 g/mol. The van der Waals surface area contributed by atoms with Gasteiger partial charge in [-0.1, -0.05) is 12.1 Å². The lowest BCUT2D eigenvalue weighted by Crippen LogP contribution is -2.13. The summed E-state index contributed by atoms with van der Waals surface area (Å²) in [5.41, 5.74) is 4.50. The second kappa shape index (κ2) is 9.58. The number of oxazole rings is 1. The van der Waals surface area contributed by atoms with E-state index < -0.39 is 18.5 Å². The molecule has 0 bridgehead atoms. The van der Waals surface area contributed by atoms with Crippen LogP contribution >= 0.6 is 0 Å². The maximum absolute atomic E-state index is 12.7. The predicted molar refractivity (Wildman–Crippen MR) is 125 cm³/mol. The molecule has 0 aliphatic carbocycles. The standard InChI is InChI=1S/C26H22N2O6/c1-16-14-20(17(2)28(16)19-10-8-18(9-11-19)26(31)32-3)22(29)15-33-25(30)13-12-24-27-21-6-4-5-7-23(21)34-24/h4-14H,15H2,1-3H3/b13-12+. The fourth-order valence-electron chi connectivity index (χ4n) is 3.67. The first kappa shape index (κ1) is 22.7. The molecule has 0 unspecified atom stereocenters. The van der Waals surface area contributed by atoms with Crippen LogP contribution in [0, 0.1) is 13.8 Å². The van der Waals surface area contributed by atoms with Gasteiger partial charge in [0, 0.05) is 34.8 Å². The summed E-state index contributed by atoms with van der Waals surface area (Å²) < 4.78 is 17.2. The van der Waals surface area contributed by atoms with Crippen molar-refractivity contribution in [2.75, 3.05) is 13.7 Å². The number of Topliss-reactive ketones (excluding diaryl/α,β-unsaturated/α-hetero) is 1. The van der Waals surface area contributed by atoms with Crippen LogP contribution in [0.25, 0.3) is 22.9 Å². The van der Waals surface area contributed by atoms with Crippen molar-refractivity contribution in [2.24, 2.45) is 0 Å². The van der Waals surface area contributed by atoms with Gasteiger partial charge in [0.15, 0.2) is 12.2 Å². The minimum atomic E-state index is -0.678. The van der Waals surface area contributed by atoms with Crippen LogP contribution in [0.2, 0.25) is 0 Å². The molecule has 2 heterocycles. The number of methoxy groups -OCH3 is 1. The molecule has 2 aromatic heterocycles. The van der Waals surface area contributed by atoms with Crippen molar-refractivity contribution in [3.8, 4) is 5.69 Å². The Bertz CT molecular complexity index is 1380. The Balaban J connectivity index is 1.42. The molecule has 34 heavy (non-hydrogen) atoms. The molecule has 0 saturated carbocycles. The molecule has 8 heteroatoms. The Labute approximate surface area is 195 Å². The maximum atomic E-state index is 12.7. The number of esters is 2. The Kier molecular flexibility index (Phi) is 6.40. The van der Waals surface area contributed by atoms with E-state index in [1.807, 2.05) is 30.5 Å². The van der Waals surface area contributed by atoms with Crippen molar-refractivity contribution in [3.63, 3.8) is 0 Å². The molecule has 0 radical (unpaired) electrons. The molecule has 0 fully saturated rings. The first-order valence-electron chi connectivity index (χ1n) is 10.5. The number of hydrogen-bond donors (Lipinski definition) is 0. The van der Waals surface area contributed by atoms with Crippen LogP contribution in [0.15, 0.2) is 65.1 Å². The van der Waals surface area contributed by atoms with Gasteiger partial charge >= 0.3 is 11.9 Å². The summed E-state index contributed by atoms with van der Waals surface area (Å²) in [6.07, 6.45) is 2.57. The van der Waals surface area contributed by atoms with Gasteiger partial charge in [0.1, 0.15) is 5.52 Å². The number of aryl methyl sites for hydroxylation is 1. The second-order valence-corrected chi connectivity index (χ2v) is 7.54. The van der Waals surface area contributed by atoms with Gasteiger partial charge < -0.3 is 18.5 Å². The molecule has 0 aliphatic rings. The molecule has 4 rings (SSSR count). The molecule has 8 nitrogen and oxygen atoms in total. The predicted octanol–water partition coefficient (Wildman–Crippen LogP) is 4.46.